The first-order chi connectivity index (χ1) is 10.1. The Hall–Kier alpha value is -0.300. The van der Waals surface area contributed by atoms with E-state index in [4.69, 9.17) is 0 Å². The Balaban J connectivity index is 1.60. The lowest BCUT2D eigenvalue weighted by Gasteiger charge is -2.53. The van der Waals surface area contributed by atoms with Gasteiger partial charge in [-0.25, -0.2) is 0 Å². The van der Waals surface area contributed by atoms with Gasteiger partial charge in [0.2, 0.25) is 0 Å². The highest BCUT2D eigenvalue weighted by atomic mass is 16.3. The summed E-state index contributed by atoms with van der Waals surface area (Å²) in [5.41, 5.74) is 2.28. The highest BCUT2D eigenvalue weighted by molar-refractivity contribution is 5.20. The minimum absolute atomic E-state index is 0.0474. The molecule has 0 heterocycles. The molecule has 0 spiro atoms. The van der Waals surface area contributed by atoms with Gasteiger partial charge in [-0.15, -0.1) is 0 Å². The lowest BCUT2D eigenvalue weighted by Crippen LogP contribution is -2.46. The average Bonchev–Trinajstić information content (AvgIpc) is 2.83. The largest absolute Gasteiger partial charge is 0.393 e. The van der Waals surface area contributed by atoms with Crippen LogP contribution in [0.4, 0.5) is 0 Å². The van der Waals surface area contributed by atoms with Gasteiger partial charge in [0.15, 0.2) is 0 Å². The molecule has 21 heavy (non-hydrogen) atoms. The fourth-order valence-electron chi connectivity index (χ4n) is 7.03. The molecule has 1 heteroatoms. The first-order valence-corrected chi connectivity index (χ1v) is 9.50. The molecule has 0 bridgehead atoms. The van der Waals surface area contributed by atoms with Crippen molar-refractivity contribution >= 4 is 0 Å². The highest BCUT2D eigenvalue weighted by Gasteiger charge is 2.55. The first kappa shape index (κ1) is 14.3. The molecule has 1 nitrogen and oxygen atoms in total. The van der Waals surface area contributed by atoms with Crippen LogP contribution in [0.3, 0.4) is 0 Å². The van der Waals surface area contributed by atoms with Crippen LogP contribution in [0.1, 0.15) is 71.6 Å². The summed E-state index contributed by atoms with van der Waals surface area (Å²) in [6.45, 7) is 5.03. The van der Waals surface area contributed by atoms with Gasteiger partial charge in [-0.05, 0) is 86.4 Å². The Morgan fingerprint density at radius 2 is 2.00 bits per heavy atom. The van der Waals surface area contributed by atoms with Crippen molar-refractivity contribution in [3.63, 3.8) is 0 Å². The quantitative estimate of drug-likeness (QED) is 0.677. The summed E-state index contributed by atoms with van der Waals surface area (Å²) in [5.74, 6) is 4.72. The molecule has 0 aromatic rings. The second kappa shape index (κ2) is 5.11. The van der Waals surface area contributed by atoms with E-state index in [1.54, 1.807) is 5.57 Å². The van der Waals surface area contributed by atoms with Crippen LogP contribution in [0, 0.1) is 35.0 Å². The van der Waals surface area contributed by atoms with Gasteiger partial charge < -0.3 is 5.11 Å². The van der Waals surface area contributed by atoms with E-state index in [-0.39, 0.29) is 6.10 Å². The maximum atomic E-state index is 9.96. The van der Waals surface area contributed by atoms with Crippen molar-refractivity contribution in [3.8, 4) is 0 Å². The number of hydrogen-bond acceptors (Lipinski definition) is 1. The third kappa shape index (κ3) is 2.06. The molecule has 0 aromatic carbocycles. The predicted octanol–water partition coefficient (Wildman–Crippen LogP) is 4.95. The van der Waals surface area contributed by atoms with Gasteiger partial charge in [-0.1, -0.05) is 31.9 Å². The molecule has 0 radical (unpaired) electrons. The zero-order valence-electron chi connectivity index (χ0n) is 13.9. The molecule has 4 rings (SSSR count). The van der Waals surface area contributed by atoms with Crippen molar-refractivity contribution in [2.24, 2.45) is 35.0 Å². The molecule has 3 fully saturated rings. The predicted molar refractivity (Wildman–Crippen MR) is 86.9 cm³/mol. The van der Waals surface area contributed by atoms with Gasteiger partial charge in [-0.2, -0.15) is 0 Å². The molecule has 7 atom stereocenters. The van der Waals surface area contributed by atoms with Crippen LogP contribution >= 0.6 is 0 Å². The molecule has 0 aromatic heterocycles. The molecule has 4 aliphatic rings. The maximum Gasteiger partial charge on any atom is 0.0577 e. The minimum Gasteiger partial charge on any atom is -0.393 e. The second-order valence-electron chi connectivity index (χ2n) is 8.72. The van der Waals surface area contributed by atoms with E-state index in [9.17, 15) is 5.11 Å². The Labute approximate surface area is 130 Å². The monoisotopic (exact) mass is 288 g/mol. The van der Waals surface area contributed by atoms with Gasteiger partial charge in [0.25, 0.3) is 0 Å². The highest BCUT2D eigenvalue weighted by Crippen LogP contribution is 2.63. The number of fused-ring (bicyclic) bond motifs is 5. The maximum absolute atomic E-state index is 9.96. The van der Waals surface area contributed by atoms with E-state index < -0.39 is 0 Å². The summed E-state index contributed by atoms with van der Waals surface area (Å²) < 4.78 is 0. The molecule has 0 amide bonds. The average molecular weight is 288 g/mol. The number of hydrogen-bond donors (Lipinski definition) is 1. The minimum atomic E-state index is -0.0474. The number of aliphatic hydroxyl groups is 1. The molecule has 0 saturated heterocycles. The van der Waals surface area contributed by atoms with Crippen LogP contribution in [0.15, 0.2) is 11.6 Å². The lowest BCUT2D eigenvalue weighted by atomic mass is 9.51. The zero-order chi connectivity index (χ0) is 14.6. The molecule has 1 N–H and O–H groups in total. The summed E-state index contributed by atoms with van der Waals surface area (Å²) in [5, 5.41) is 9.96. The van der Waals surface area contributed by atoms with E-state index in [1.165, 1.54) is 44.9 Å². The molecule has 0 aliphatic heterocycles. The van der Waals surface area contributed by atoms with Crippen LogP contribution < -0.4 is 0 Å². The summed E-state index contributed by atoms with van der Waals surface area (Å²) in [7, 11) is 0. The van der Waals surface area contributed by atoms with Gasteiger partial charge in [-0.3, -0.25) is 0 Å². The Kier molecular flexibility index (Phi) is 3.48. The summed E-state index contributed by atoms with van der Waals surface area (Å²) in [6, 6.07) is 0. The third-order valence-electron chi connectivity index (χ3n) is 8.11. The van der Waals surface area contributed by atoms with E-state index >= 15 is 0 Å². The summed E-state index contributed by atoms with van der Waals surface area (Å²) in [4.78, 5) is 0. The molecule has 3 saturated carbocycles. The van der Waals surface area contributed by atoms with Crippen LogP contribution in [-0.2, 0) is 0 Å². The SMILES string of the molecule is CC[C@H]1CCC2C3CC=C4C[C@@H](O)CCC4C3CC[C@@]21C. The third-order valence-corrected chi connectivity index (χ3v) is 8.11. The van der Waals surface area contributed by atoms with Crippen molar-refractivity contribution in [1.82, 2.24) is 0 Å². The summed E-state index contributed by atoms with van der Waals surface area (Å²) >= 11 is 0. The van der Waals surface area contributed by atoms with Gasteiger partial charge in [0.1, 0.15) is 0 Å². The Bertz CT molecular complexity index is 439. The van der Waals surface area contributed by atoms with Gasteiger partial charge >= 0.3 is 0 Å². The van der Waals surface area contributed by atoms with Crippen molar-refractivity contribution < 1.29 is 5.11 Å². The molecule has 4 unspecified atom stereocenters. The lowest BCUT2D eigenvalue weighted by molar-refractivity contribution is -0.0187. The smallest absolute Gasteiger partial charge is 0.0577 e. The standard InChI is InChI=1S/C20H32O/c1-3-14-5-9-19-18-7-4-13-12-15(21)6-8-16(13)17(18)10-11-20(14,19)2/h4,14-19,21H,3,5-12H2,1-2H3/t14-,15-,16?,17?,18?,19?,20+/m0/s1. The van der Waals surface area contributed by atoms with E-state index in [1.807, 2.05) is 0 Å². The van der Waals surface area contributed by atoms with E-state index in [2.05, 4.69) is 19.9 Å². The topological polar surface area (TPSA) is 20.2 Å². The first-order valence-electron chi connectivity index (χ1n) is 9.50. The van der Waals surface area contributed by atoms with Crippen LogP contribution in [0.5, 0.6) is 0 Å². The fourth-order valence-corrected chi connectivity index (χ4v) is 7.03. The van der Waals surface area contributed by atoms with Crippen LogP contribution in [0.25, 0.3) is 0 Å². The van der Waals surface area contributed by atoms with Crippen molar-refractivity contribution in [1.29, 1.82) is 0 Å². The molecule has 118 valence electrons. The number of rotatable bonds is 1. The molecular formula is C20H32O. The van der Waals surface area contributed by atoms with Gasteiger partial charge in [0.05, 0.1) is 6.10 Å². The van der Waals surface area contributed by atoms with Crippen LogP contribution in [-0.4, -0.2) is 11.2 Å². The Morgan fingerprint density at radius 1 is 1.14 bits per heavy atom. The fraction of sp³-hybridized carbons (Fsp3) is 0.900. The summed E-state index contributed by atoms with van der Waals surface area (Å²) in [6.07, 6.45) is 14.4. The number of aliphatic hydroxyl groups excluding tert-OH is 1. The molecular weight excluding hydrogens is 256 g/mol. The Morgan fingerprint density at radius 3 is 2.81 bits per heavy atom. The van der Waals surface area contributed by atoms with Crippen molar-refractivity contribution in [2.45, 2.75) is 77.7 Å². The van der Waals surface area contributed by atoms with E-state index in [0.29, 0.717) is 5.41 Å². The normalized spacial score (nSPS) is 52.6. The number of allylic oxidation sites excluding steroid dienone is 1. The second-order valence-corrected chi connectivity index (χ2v) is 8.72. The van der Waals surface area contributed by atoms with Crippen molar-refractivity contribution in [3.05, 3.63) is 11.6 Å². The van der Waals surface area contributed by atoms with Crippen molar-refractivity contribution in [2.75, 3.05) is 0 Å². The van der Waals surface area contributed by atoms with E-state index in [0.717, 1.165) is 42.4 Å². The van der Waals surface area contributed by atoms with Gasteiger partial charge in [0, 0.05) is 0 Å². The van der Waals surface area contributed by atoms with Crippen LogP contribution in [0.2, 0.25) is 0 Å². The zero-order valence-corrected chi connectivity index (χ0v) is 13.9. The molecule has 4 aliphatic carbocycles.